The zero-order valence-corrected chi connectivity index (χ0v) is 15.0. The lowest BCUT2D eigenvalue weighted by Crippen LogP contribution is -2.09. The Balaban J connectivity index is 1.60. The summed E-state index contributed by atoms with van der Waals surface area (Å²) in [5.41, 5.74) is 0.627. The van der Waals surface area contributed by atoms with Crippen LogP contribution in [0.2, 0.25) is 5.15 Å². The zero-order valence-electron chi connectivity index (χ0n) is 14.2. The third-order valence-corrected chi connectivity index (χ3v) is 3.93. The van der Waals surface area contributed by atoms with Gasteiger partial charge in [0.1, 0.15) is 17.3 Å². The molecule has 0 bridgehead atoms. The minimum atomic E-state index is -4.62. The van der Waals surface area contributed by atoms with Crippen molar-refractivity contribution in [2.45, 2.75) is 12.8 Å². The summed E-state index contributed by atoms with van der Waals surface area (Å²) in [5.74, 6) is -0.503. The summed E-state index contributed by atoms with van der Waals surface area (Å²) < 4.78 is 43.2. The number of alkyl halides is 3. The number of nitrogens with zero attached hydrogens (tertiary/aromatic N) is 2. The van der Waals surface area contributed by atoms with Gasteiger partial charge >= 0.3 is 12.1 Å². The summed E-state index contributed by atoms with van der Waals surface area (Å²) in [7, 11) is 0. The zero-order chi connectivity index (χ0) is 20.1. The Morgan fingerprint density at radius 2 is 1.75 bits per heavy atom. The number of rotatable bonds is 5. The van der Waals surface area contributed by atoms with Crippen molar-refractivity contribution in [3.63, 3.8) is 0 Å². The fraction of sp³-hybridized carbons (Fsp3) is 0.105. The van der Waals surface area contributed by atoms with E-state index >= 15 is 0 Å². The first kappa shape index (κ1) is 19.6. The van der Waals surface area contributed by atoms with Crippen molar-refractivity contribution in [1.29, 1.82) is 0 Å². The van der Waals surface area contributed by atoms with E-state index < -0.39 is 22.9 Å². The molecule has 1 aromatic heterocycles. The molecule has 2 aromatic carbocycles. The van der Waals surface area contributed by atoms with Crippen LogP contribution in [0.15, 0.2) is 60.8 Å². The summed E-state index contributed by atoms with van der Waals surface area (Å²) in [6, 6.07) is 15.3. The van der Waals surface area contributed by atoms with Gasteiger partial charge in [-0.2, -0.15) is 13.2 Å². The highest BCUT2D eigenvalue weighted by atomic mass is 35.5. The summed E-state index contributed by atoms with van der Waals surface area (Å²) >= 11 is 5.57. The van der Waals surface area contributed by atoms with Gasteiger partial charge in [0.25, 0.3) is 0 Å². The first-order chi connectivity index (χ1) is 13.3. The van der Waals surface area contributed by atoms with Gasteiger partial charge < -0.3 is 10.1 Å². The van der Waals surface area contributed by atoms with E-state index in [1.807, 2.05) is 0 Å². The van der Waals surface area contributed by atoms with Crippen LogP contribution in [0.3, 0.4) is 0 Å². The molecule has 0 radical (unpaired) electrons. The molecule has 0 aliphatic heterocycles. The van der Waals surface area contributed by atoms with E-state index in [1.165, 1.54) is 0 Å². The first-order valence-corrected chi connectivity index (χ1v) is 8.38. The predicted molar refractivity (Wildman–Crippen MR) is 97.3 cm³/mol. The molecule has 0 amide bonds. The Kier molecular flexibility index (Phi) is 5.79. The topological polar surface area (TPSA) is 64.1 Å². The smallest absolute Gasteiger partial charge is 0.420 e. The monoisotopic (exact) mass is 407 g/mol. The van der Waals surface area contributed by atoms with Crippen molar-refractivity contribution >= 4 is 29.2 Å². The number of ether oxygens (including phenoxy) is 1. The van der Waals surface area contributed by atoms with Crippen LogP contribution in [0.1, 0.15) is 21.5 Å². The normalized spacial score (nSPS) is 11.1. The quantitative estimate of drug-likeness (QED) is 0.462. The second-order valence-corrected chi connectivity index (χ2v) is 6.02. The van der Waals surface area contributed by atoms with Crippen molar-refractivity contribution in [1.82, 2.24) is 9.97 Å². The molecule has 0 aliphatic carbocycles. The van der Waals surface area contributed by atoms with Gasteiger partial charge in [0.15, 0.2) is 0 Å². The van der Waals surface area contributed by atoms with Gasteiger partial charge in [-0.15, -0.1) is 0 Å². The molecule has 0 spiro atoms. The highest BCUT2D eigenvalue weighted by Gasteiger charge is 2.34. The third-order valence-electron chi connectivity index (χ3n) is 3.64. The van der Waals surface area contributed by atoms with E-state index in [1.54, 1.807) is 54.6 Å². The van der Waals surface area contributed by atoms with E-state index in [9.17, 15) is 18.0 Å². The van der Waals surface area contributed by atoms with Crippen molar-refractivity contribution in [2.75, 3.05) is 5.32 Å². The maximum absolute atomic E-state index is 12.7. The fourth-order valence-electron chi connectivity index (χ4n) is 2.23. The molecule has 0 fully saturated rings. The van der Waals surface area contributed by atoms with Crippen molar-refractivity contribution in [3.8, 4) is 0 Å². The molecular weight excluding hydrogens is 395 g/mol. The lowest BCUT2D eigenvalue weighted by atomic mass is 10.2. The second-order valence-electron chi connectivity index (χ2n) is 5.66. The molecule has 3 aromatic rings. The van der Waals surface area contributed by atoms with Gasteiger partial charge in [-0.3, -0.25) is 0 Å². The summed E-state index contributed by atoms with van der Waals surface area (Å²) in [6.45, 7) is 0.0800. The molecular formula is C19H13ClF3N3O2. The average Bonchev–Trinajstić information content (AvgIpc) is 2.67. The predicted octanol–water partition coefficient (Wildman–Crippen LogP) is 5.25. The molecule has 5 nitrogen and oxygen atoms in total. The number of nitrogens with one attached hydrogen (secondary N) is 1. The molecule has 0 saturated heterocycles. The molecule has 28 heavy (non-hydrogen) atoms. The molecule has 3 rings (SSSR count). The Labute approximate surface area is 163 Å². The Hall–Kier alpha value is -3.13. The van der Waals surface area contributed by atoms with Crippen molar-refractivity contribution in [2.24, 2.45) is 0 Å². The van der Waals surface area contributed by atoms with E-state index in [4.69, 9.17) is 16.3 Å². The van der Waals surface area contributed by atoms with Crippen LogP contribution in [0.25, 0.3) is 0 Å². The van der Waals surface area contributed by atoms with E-state index in [2.05, 4.69) is 15.3 Å². The Morgan fingerprint density at radius 3 is 2.36 bits per heavy atom. The second kappa shape index (κ2) is 8.26. The van der Waals surface area contributed by atoms with Gasteiger partial charge in [-0.05, 0) is 29.8 Å². The van der Waals surface area contributed by atoms with E-state index in [0.29, 0.717) is 17.4 Å². The van der Waals surface area contributed by atoms with Crippen LogP contribution >= 0.6 is 11.6 Å². The number of halogens is 4. The molecule has 1 N–H and O–H groups in total. The molecule has 0 atom stereocenters. The SMILES string of the molecule is O=C(OCc1ccc(Nc2ncc(C(F)(F)F)c(Cl)n2)cc1)c1ccccc1. The maximum atomic E-state index is 12.7. The third kappa shape index (κ3) is 4.98. The molecule has 0 unspecified atom stereocenters. The maximum Gasteiger partial charge on any atom is 0.420 e. The lowest BCUT2D eigenvalue weighted by molar-refractivity contribution is -0.137. The molecule has 1 heterocycles. The van der Waals surface area contributed by atoms with E-state index in [0.717, 1.165) is 5.56 Å². The van der Waals surface area contributed by atoms with Crippen LogP contribution in [0.5, 0.6) is 0 Å². The number of anilines is 2. The minimum absolute atomic E-state index is 0.0683. The number of aromatic nitrogens is 2. The van der Waals surface area contributed by atoms with Gasteiger partial charge in [0.05, 0.1) is 5.56 Å². The van der Waals surface area contributed by atoms with Gasteiger partial charge in [0, 0.05) is 11.9 Å². The number of benzene rings is 2. The largest absolute Gasteiger partial charge is 0.457 e. The van der Waals surface area contributed by atoms with Crippen LogP contribution in [-0.4, -0.2) is 15.9 Å². The molecule has 0 aliphatic rings. The minimum Gasteiger partial charge on any atom is -0.457 e. The summed E-state index contributed by atoms with van der Waals surface area (Å²) in [6.07, 6.45) is -4.00. The Morgan fingerprint density at radius 1 is 1.07 bits per heavy atom. The van der Waals surface area contributed by atoms with Crippen LogP contribution in [-0.2, 0) is 17.5 Å². The number of hydrogen-bond acceptors (Lipinski definition) is 5. The van der Waals surface area contributed by atoms with Crippen LogP contribution in [0, 0.1) is 0 Å². The van der Waals surface area contributed by atoms with Gasteiger partial charge in [-0.25, -0.2) is 14.8 Å². The van der Waals surface area contributed by atoms with E-state index in [-0.39, 0.29) is 12.6 Å². The number of hydrogen-bond donors (Lipinski definition) is 1. The standard InChI is InChI=1S/C19H13ClF3N3O2/c20-16-15(19(21,22)23)10-24-18(26-16)25-14-8-6-12(7-9-14)11-28-17(27)13-4-2-1-3-5-13/h1-10H,11H2,(H,24,25,26). The molecule has 144 valence electrons. The molecule has 0 saturated carbocycles. The highest BCUT2D eigenvalue weighted by Crippen LogP contribution is 2.33. The fourth-order valence-corrected chi connectivity index (χ4v) is 2.47. The van der Waals surface area contributed by atoms with Crippen LogP contribution in [0.4, 0.5) is 24.8 Å². The average molecular weight is 408 g/mol. The molecule has 9 heteroatoms. The summed E-state index contributed by atoms with van der Waals surface area (Å²) in [4.78, 5) is 19.1. The van der Waals surface area contributed by atoms with Gasteiger partial charge in [-0.1, -0.05) is 41.9 Å². The lowest BCUT2D eigenvalue weighted by Gasteiger charge is -2.10. The van der Waals surface area contributed by atoms with Crippen LogP contribution < -0.4 is 5.32 Å². The van der Waals surface area contributed by atoms with Crippen molar-refractivity contribution in [3.05, 3.63) is 82.6 Å². The van der Waals surface area contributed by atoms with Gasteiger partial charge in [0.2, 0.25) is 5.95 Å². The summed E-state index contributed by atoms with van der Waals surface area (Å²) in [5, 5.41) is 2.07. The Bertz CT molecular complexity index is 964. The highest BCUT2D eigenvalue weighted by molar-refractivity contribution is 6.30. The van der Waals surface area contributed by atoms with Crippen molar-refractivity contribution < 1.29 is 22.7 Å². The number of esters is 1. The number of carbonyl (C=O) groups is 1. The number of carbonyl (C=O) groups excluding carboxylic acids is 1. The first-order valence-electron chi connectivity index (χ1n) is 8.01.